The minimum absolute atomic E-state index is 0. The van der Waals surface area contributed by atoms with Crippen LogP contribution in [-0.4, -0.2) is 44.6 Å². The molecular formula is C13H25IN4O. The van der Waals surface area contributed by atoms with Gasteiger partial charge in [-0.25, -0.2) is 0 Å². The van der Waals surface area contributed by atoms with Gasteiger partial charge in [0.25, 0.3) is 0 Å². The number of guanidine groups is 1. The van der Waals surface area contributed by atoms with E-state index < -0.39 is 0 Å². The molecule has 1 rings (SSSR count). The number of hydrogen-bond acceptors (Lipinski definition) is 3. The smallest absolute Gasteiger partial charge is 0.191 e. The van der Waals surface area contributed by atoms with Gasteiger partial charge >= 0.3 is 0 Å². The van der Waals surface area contributed by atoms with Crippen molar-refractivity contribution in [3.8, 4) is 0 Å². The molecule has 6 heteroatoms. The van der Waals surface area contributed by atoms with E-state index in [2.05, 4.69) is 34.4 Å². The van der Waals surface area contributed by atoms with E-state index in [4.69, 9.17) is 4.42 Å². The number of nitrogens with one attached hydrogen (secondary N) is 2. The summed E-state index contributed by atoms with van der Waals surface area (Å²) in [4.78, 5) is 6.68. The fourth-order valence-corrected chi connectivity index (χ4v) is 1.68. The molecule has 19 heavy (non-hydrogen) atoms. The maximum absolute atomic E-state index is 5.46. The van der Waals surface area contributed by atoms with Gasteiger partial charge in [0.05, 0.1) is 18.8 Å². The summed E-state index contributed by atoms with van der Waals surface area (Å²) in [5.41, 5.74) is 0. The first-order valence-corrected chi connectivity index (χ1v) is 6.41. The molecule has 1 aromatic heterocycles. The molecule has 0 bridgehead atoms. The van der Waals surface area contributed by atoms with Crippen LogP contribution < -0.4 is 10.6 Å². The molecule has 0 aliphatic rings. The molecule has 0 saturated heterocycles. The summed E-state index contributed by atoms with van der Waals surface area (Å²) in [6.07, 6.45) is 1.70. The Morgan fingerprint density at radius 1 is 1.32 bits per heavy atom. The maximum Gasteiger partial charge on any atom is 0.191 e. The van der Waals surface area contributed by atoms with E-state index in [9.17, 15) is 0 Å². The van der Waals surface area contributed by atoms with Crippen LogP contribution in [0, 0.1) is 0 Å². The van der Waals surface area contributed by atoms with Crippen LogP contribution in [0.15, 0.2) is 27.8 Å². The van der Waals surface area contributed by atoms with Crippen LogP contribution in [0.25, 0.3) is 0 Å². The lowest BCUT2D eigenvalue weighted by atomic mass is 10.2. The zero-order chi connectivity index (χ0) is 13.4. The largest absolute Gasteiger partial charge is 0.468 e. The molecule has 110 valence electrons. The Morgan fingerprint density at radius 2 is 1.95 bits per heavy atom. The fourth-order valence-electron chi connectivity index (χ4n) is 1.68. The van der Waals surface area contributed by atoms with Crippen LogP contribution in [-0.2, 0) is 0 Å². The molecule has 0 aromatic carbocycles. The molecule has 0 amide bonds. The third-order valence-corrected chi connectivity index (χ3v) is 2.61. The second-order valence-corrected chi connectivity index (χ2v) is 4.24. The molecule has 0 radical (unpaired) electrons. The van der Waals surface area contributed by atoms with Crippen molar-refractivity contribution >= 4 is 29.9 Å². The maximum atomic E-state index is 5.46. The third-order valence-electron chi connectivity index (χ3n) is 2.61. The first-order valence-electron chi connectivity index (χ1n) is 6.41. The van der Waals surface area contributed by atoms with Crippen molar-refractivity contribution in [1.82, 2.24) is 15.5 Å². The Bertz CT molecular complexity index is 344. The monoisotopic (exact) mass is 380 g/mol. The second kappa shape index (κ2) is 10.1. The Hall–Kier alpha value is -0.760. The van der Waals surface area contributed by atoms with Crippen molar-refractivity contribution in [1.29, 1.82) is 0 Å². The van der Waals surface area contributed by atoms with Gasteiger partial charge in [0.15, 0.2) is 5.96 Å². The molecular weight excluding hydrogens is 355 g/mol. The molecule has 0 fully saturated rings. The Labute approximate surface area is 132 Å². The van der Waals surface area contributed by atoms with Crippen molar-refractivity contribution in [2.45, 2.75) is 19.9 Å². The average molecular weight is 380 g/mol. The molecule has 1 unspecified atom stereocenters. The van der Waals surface area contributed by atoms with E-state index in [0.717, 1.165) is 24.8 Å². The van der Waals surface area contributed by atoms with Crippen LogP contribution >= 0.6 is 24.0 Å². The Morgan fingerprint density at radius 3 is 2.37 bits per heavy atom. The van der Waals surface area contributed by atoms with Gasteiger partial charge in [0.1, 0.15) is 5.76 Å². The van der Waals surface area contributed by atoms with E-state index in [-0.39, 0.29) is 30.0 Å². The van der Waals surface area contributed by atoms with Gasteiger partial charge in [-0.2, -0.15) is 0 Å². The van der Waals surface area contributed by atoms with Crippen molar-refractivity contribution in [2.24, 2.45) is 4.99 Å². The lowest BCUT2D eigenvalue weighted by molar-refractivity contribution is 0.265. The van der Waals surface area contributed by atoms with Gasteiger partial charge < -0.3 is 15.1 Å². The van der Waals surface area contributed by atoms with Gasteiger partial charge in [-0.15, -0.1) is 24.0 Å². The molecule has 1 atom stereocenters. The summed E-state index contributed by atoms with van der Waals surface area (Å²) in [6.45, 7) is 6.50. The number of hydrogen-bond donors (Lipinski definition) is 2. The lowest BCUT2D eigenvalue weighted by Crippen LogP contribution is -2.37. The Balaban J connectivity index is 0.00000324. The molecule has 0 saturated carbocycles. The predicted molar refractivity (Wildman–Crippen MR) is 90.2 cm³/mol. The SMILES string of the molecule is CCNC(=NCC(c1ccco1)N(C)C)NCC.I. The van der Waals surface area contributed by atoms with Gasteiger partial charge in [-0.3, -0.25) is 9.89 Å². The van der Waals surface area contributed by atoms with E-state index in [1.54, 1.807) is 6.26 Å². The summed E-state index contributed by atoms with van der Waals surface area (Å²) in [5, 5.41) is 6.43. The highest BCUT2D eigenvalue weighted by Gasteiger charge is 2.16. The number of aliphatic imine (C=N–C) groups is 1. The average Bonchev–Trinajstić information content (AvgIpc) is 2.83. The van der Waals surface area contributed by atoms with E-state index in [0.29, 0.717) is 6.54 Å². The van der Waals surface area contributed by atoms with Crippen LogP contribution in [0.3, 0.4) is 0 Å². The van der Waals surface area contributed by atoms with Gasteiger partial charge in [0, 0.05) is 13.1 Å². The summed E-state index contributed by atoms with van der Waals surface area (Å²) in [5.74, 6) is 1.79. The third kappa shape index (κ3) is 6.29. The van der Waals surface area contributed by atoms with E-state index in [1.807, 2.05) is 26.2 Å². The highest BCUT2D eigenvalue weighted by Crippen LogP contribution is 2.18. The van der Waals surface area contributed by atoms with Crippen LogP contribution in [0.1, 0.15) is 25.6 Å². The first-order chi connectivity index (χ1) is 8.69. The molecule has 0 aliphatic heterocycles. The zero-order valence-corrected chi connectivity index (χ0v) is 14.5. The molecule has 0 spiro atoms. The van der Waals surface area contributed by atoms with Crippen LogP contribution in [0.4, 0.5) is 0 Å². The topological polar surface area (TPSA) is 52.8 Å². The highest BCUT2D eigenvalue weighted by molar-refractivity contribution is 14.0. The quantitative estimate of drug-likeness (QED) is 0.451. The molecule has 1 heterocycles. The number of rotatable bonds is 6. The van der Waals surface area contributed by atoms with Crippen LogP contribution in [0.5, 0.6) is 0 Å². The van der Waals surface area contributed by atoms with Gasteiger partial charge in [-0.1, -0.05) is 0 Å². The molecule has 1 aromatic rings. The second-order valence-electron chi connectivity index (χ2n) is 4.24. The molecule has 0 aliphatic carbocycles. The fraction of sp³-hybridized carbons (Fsp3) is 0.615. The number of likely N-dealkylation sites (N-methyl/N-ethyl adjacent to an activating group) is 1. The molecule has 5 nitrogen and oxygen atoms in total. The highest BCUT2D eigenvalue weighted by atomic mass is 127. The number of furan rings is 1. The minimum Gasteiger partial charge on any atom is -0.468 e. The zero-order valence-electron chi connectivity index (χ0n) is 12.1. The molecule has 2 N–H and O–H groups in total. The van der Waals surface area contributed by atoms with Crippen LogP contribution in [0.2, 0.25) is 0 Å². The van der Waals surface area contributed by atoms with Crippen molar-refractivity contribution < 1.29 is 4.42 Å². The van der Waals surface area contributed by atoms with Gasteiger partial charge in [0.2, 0.25) is 0 Å². The number of nitrogens with zero attached hydrogens (tertiary/aromatic N) is 2. The van der Waals surface area contributed by atoms with Crippen molar-refractivity contribution in [3.63, 3.8) is 0 Å². The summed E-state index contributed by atoms with van der Waals surface area (Å²) < 4.78 is 5.46. The normalized spacial score (nSPS) is 11.6. The standard InChI is InChI=1S/C13H24N4O.HI/c1-5-14-13(15-6-2)16-10-11(17(3)4)12-8-7-9-18-12;/h7-9,11H,5-6,10H2,1-4H3,(H2,14,15,16);1H. The summed E-state index contributed by atoms with van der Waals surface area (Å²) in [6, 6.07) is 4.05. The van der Waals surface area contributed by atoms with Crippen molar-refractivity contribution in [3.05, 3.63) is 24.2 Å². The van der Waals surface area contributed by atoms with E-state index >= 15 is 0 Å². The van der Waals surface area contributed by atoms with Gasteiger partial charge in [-0.05, 0) is 40.1 Å². The Kier molecular flexibility index (Phi) is 9.68. The summed E-state index contributed by atoms with van der Waals surface area (Å²) >= 11 is 0. The van der Waals surface area contributed by atoms with E-state index in [1.165, 1.54) is 0 Å². The predicted octanol–water partition coefficient (Wildman–Crippen LogP) is 2.08. The van der Waals surface area contributed by atoms with Crippen molar-refractivity contribution in [2.75, 3.05) is 33.7 Å². The lowest BCUT2D eigenvalue weighted by Gasteiger charge is -2.21. The summed E-state index contributed by atoms with van der Waals surface area (Å²) in [7, 11) is 4.06. The number of halogens is 1. The minimum atomic E-state index is 0. The first kappa shape index (κ1) is 18.2.